The number of benzene rings is 2. The van der Waals surface area contributed by atoms with Crippen molar-refractivity contribution in [1.82, 2.24) is 14.8 Å². The summed E-state index contributed by atoms with van der Waals surface area (Å²) >= 11 is 1.24. The molecule has 0 fully saturated rings. The Labute approximate surface area is 175 Å². The van der Waals surface area contributed by atoms with Crippen LogP contribution in [0.25, 0.3) is 0 Å². The molecule has 0 radical (unpaired) electrons. The number of nitro groups is 1. The number of anilines is 2. The number of thioether (sulfide) groups is 1. The molecule has 0 aliphatic heterocycles. The first-order valence-electron chi connectivity index (χ1n) is 9.05. The number of carbonyl (C=O) groups excluding carboxylic acids is 1. The number of aromatic nitrogens is 3. The third-order valence-electron chi connectivity index (χ3n) is 4.10. The lowest BCUT2D eigenvalue weighted by Gasteiger charge is -2.09. The number of halogens is 1. The van der Waals surface area contributed by atoms with Crippen LogP contribution >= 0.6 is 11.8 Å². The molecule has 0 saturated carbocycles. The SMILES string of the molecule is CCn1c(CNc2ccc(F)cc2)nnc1SCC(=O)Nc1ccc([N+](=O)[O-])cc1. The molecular formula is C19H19FN6O3S. The Morgan fingerprint density at radius 3 is 2.43 bits per heavy atom. The summed E-state index contributed by atoms with van der Waals surface area (Å²) in [7, 11) is 0. The molecule has 11 heteroatoms. The van der Waals surface area contributed by atoms with Crippen molar-refractivity contribution in [3.8, 4) is 0 Å². The van der Waals surface area contributed by atoms with E-state index < -0.39 is 4.92 Å². The van der Waals surface area contributed by atoms with Crippen LogP contribution in [0.5, 0.6) is 0 Å². The molecule has 0 unspecified atom stereocenters. The van der Waals surface area contributed by atoms with Crippen molar-refractivity contribution < 1.29 is 14.1 Å². The van der Waals surface area contributed by atoms with Gasteiger partial charge in [-0.05, 0) is 43.3 Å². The zero-order valence-electron chi connectivity index (χ0n) is 16.0. The molecule has 0 aliphatic carbocycles. The summed E-state index contributed by atoms with van der Waals surface area (Å²) in [5.74, 6) is 0.245. The lowest BCUT2D eigenvalue weighted by Crippen LogP contribution is -2.15. The first kappa shape index (κ1) is 21.2. The summed E-state index contributed by atoms with van der Waals surface area (Å²) in [5.41, 5.74) is 1.20. The zero-order valence-corrected chi connectivity index (χ0v) is 16.9. The van der Waals surface area contributed by atoms with Crippen molar-refractivity contribution in [3.05, 3.63) is 70.3 Å². The number of nitrogens with one attached hydrogen (secondary N) is 2. The van der Waals surface area contributed by atoms with Crippen LogP contribution in [0.15, 0.2) is 53.7 Å². The van der Waals surface area contributed by atoms with Crippen LogP contribution in [0, 0.1) is 15.9 Å². The van der Waals surface area contributed by atoms with E-state index in [4.69, 9.17) is 0 Å². The van der Waals surface area contributed by atoms with Crippen molar-refractivity contribution >= 4 is 34.7 Å². The monoisotopic (exact) mass is 430 g/mol. The fourth-order valence-corrected chi connectivity index (χ4v) is 3.44. The van der Waals surface area contributed by atoms with Gasteiger partial charge in [0.25, 0.3) is 5.69 Å². The van der Waals surface area contributed by atoms with Crippen molar-refractivity contribution in [2.45, 2.75) is 25.2 Å². The number of carbonyl (C=O) groups is 1. The second-order valence-electron chi connectivity index (χ2n) is 6.14. The maximum atomic E-state index is 13.0. The number of rotatable bonds is 9. The van der Waals surface area contributed by atoms with E-state index in [0.717, 1.165) is 5.69 Å². The van der Waals surface area contributed by atoms with Crippen molar-refractivity contribution in [2.24, 2.45) is 0 Å². The Hall–Kier alpha value is -3.47. The number of hydrogen-bond donors (Lipinski definition) is 2. The molecule has 2 aromatic carbocycles. The molecule has 156 valence electrons. The highest BCUT2D eigenvalue weighted by atomic mass is 32.2. The van der Waals surface area contributed by atoms with Crippen molar-refractivity contribution in [3.63, 3.8) is 0 Å². The fraction of sp³-hybridized carbons (Fsp3) is 0.211. The predicted molar refractivity (Wildman–Crippen MR) is 112 cm³/mol. The van der Waals surface area contributed by atoms with E-state index in [1.807, 2.05) is 11.5 Å². The van der Waals surface area contributed by atoms with Crippen LogP contribution in [0.2, 0.25) is 0 Å². The van der Waals surface area contributed by atoms with Gasteiger partial charge in [0.05, 0.1) is 17.2 Å². The smallest absolute Gasteiger partial charge is 0.269 e. The molecule has 0 bridgehead atoms. The summed E-state index contributed by atoms with van der Waals surface area (Å²) in [6.07, 6.45) is 0. The van der Waals surface area contributed by atoms with E-state index >= 15 is 0 Å². The van der Waals surface area contributed by atoms with Crippen LogP contribution in [-0.2, 0) is 17.9 Å². The summed E-state index contributed by atoms with van der Waals surface area (Å²) in [5, 5.41) is 25.4. The number of non-ortho nitro benzene ring substituents is 1. The van der Waals surface area contributed by atoms with Gasteiger partial charge in [0.2, 0.25) is 5.91 Å². The first-order valence-corrected chi connectivity index (χ1v) is 10.0. The lowest BCUT2D eigenvalue weighted by atomic mass is 10.3. The number of nitro benzene ring substituents is 1. The third kappa shape index (κ3) is 5.54. The normalized spacial score (nSPS) is 10.6. The molecule has 1 amide bonds. The minimum Gasteiger partial charge on any atom is -0.378 e. The zero-order chi connectivity index (χ0) is 21.5. The van der Waals surface area contributed by atoms with Crippen LogP contribution in [-0.4, -0.2) is 31.3 Å². The van der Waals surface area contributed by atoms with Crippen molar-refractivity contribution in [2.75, 3.05) is 16.4 Å². The van der Waals surface area contributed by atoms with Crippen LogP contribution < -0.4 is 10.6 Å². The van der Waals surface area contributed by atoms with E-state index in [1.54, 1.807) is 12.1 Å². The Bertz CT molecular complexity index is 1020. The maximum absolute atomic E-state index is 13.0. The Balaban J connectivity index is 1.55. The van der Waals surface area contributed by atoms with Gasteiger partial charge in [0.1, 0.15) is 5.82 Å². The maximum Gasteiger partial charge on any atom is 0.269 e. The van der Waals surface area contributed by atoms with Gasteiger partial charge in [0.15, 0.2) is 11.0 Å². The van der Waals surface area contributed by atoms with Gasteiger partial charge < -0.3 is 15.2 Å². The van der Waals surface area contributed by atoms with Gasteiger partial charge in [-0.3, -0.25) is 14.9 Å². The topological polar surface area (TPSA) is 115 Å². The molecule has 9 nitrogen and oxygen atoms in total. The van der Waals surface area contributed by atoms with E-state index in [0.29, 0.717) is 29.8 Å². The average molecular weight is 430 g/mol. The molecule has 0 atom stereocenters. The van der Waals surface area contributed by atoms with Crippen molar-refractivity contribution in [1.29, 1.82) is 0 Å². The van der Waals surface area contributed by atoms with Crippen LogP contribution in [0.4, 0.5) is 21.5 Å². The summed E-state index contributed by atoms with van der Waals surface area (Å²) in [4.78, 5) is 22.4. The Kier molecular flexibility index (Phi) is 6.96. The molecule has 1 heterocycles. The fourth-order valence-electron chi connectivity index (χ4n) is 2.62. The minimum atomic E-state index is -0.498. The summed E-state index contributed by atoms with van der Waals surface area (Å²) in [6.45, 7) is 2.98. The minimum absolute atomic E-state index is 0.0415. The second-order valence-corrected chi connectivity index (χ2v) is 7.09. The highest BCUT2D eigenvalue weighted by Crippen LogP contribution is 2.20. The van der Waals surface area contributed by atoms with Gasteiger partial charge in [-0.15, -0.1) is 10.2 Å². The highest BCUT2D eigenvalue weighted by molar-refractivity contribution is 7.99. The van der Waals surface area contributed by atoms with E-state index in [-0.39, 0.29) is 23.2 Å². The molecule has 1 aromatic heterocycles. The van der Waals surface area contributed by atoms with Gasteiger partial charge in [-0.25, -0.2) is 4.39 Å². The quantitative estimate of drug-likeness (QED) is 0.302. The predicted octanol–water partition coefficient (Wildman–Crippen LogP) is 3.69. The van der Waals surface area contributed by atoms with E-state index in [1.165, 1.54) is 48.2 Å². The van der Waals surface area contributed by atoms with Gasteiger partial charge in [-0.2, -0.15) is 0 Å². The largest absolute Gasteiger partial charge is 0.378 e. The second kappa shape index (κ2) is 9.83. The lowest BCUT2D eigenvalue weighted by molar-refractivity contribution is -0.384. The van der Waals surface area contributed by atoms with Gasteiger partial charge >= 0.3 is 0 Å². The molecular weight excluding hydrogens is 411 g/mol. The van der Waals surface area contributed by atoms with Crippen LogP contribution in [0.3, 0.4) is 0 Å². The molecule has 0 aliphatic rings. The number of nitrogens with zero attached hydrogens (tertiary/aromatic N) is 4. The number of amides is 1. The van der Waals surface area contributed by atoms with E-state index in [9.17, 15) is 19.3 Å². The average Bonchev–Trinajstić information content (AvgIpc) is 3.14. The van der Waals surface area contributed by atoms with Gasteiger partial charge in [0, 0.05) is 30.1 Å². The highest BCUT2D eigenvalue weighted by Gasteiger charge is 2.14. The molecule has 3 rings (SSSR count). The standard InChI is InChI=1S/C19H19FN6O3S/c1-2-25-17(11-21-14-5-3-13(20)4-6-14)23-24-19(25)30-12-18(27)22-15-7-9-16(10-8-15)26(28)29/h3-10,21H,2,11-12H2,1H3,(H,22,27). The molecule has 0 spiro atoms. The van der Waals surface area contributed by atoms with Gasteiger partial charge in [-0.1, -0.05) is 11.8 Å². The van der Waals surface area contributed by atoms with Crippen LogP contribution in [0.1, 0.15) is 12.7 Å². The summed E-state index contributed by atoms with van der Waals surface area (Å²) in [6, 6.07) is 11.6. The molecule has 30 heavy (non-hydrogen) atoms. The summed E-state index contributed by atoms with van der Waals surface area (Å²) < 4.78 is 14.9. The Morgan fingerprint density at radius 2 is 1.80 bits per heavy atom. The third-order valence-corrected chi connectivity index (χ3v) is 5.07. The molecule has 2 N–H and O–H groups in total. The number of hydrogen-bond acceptors (Lipinski definition) is 7. The molecule has 3 aromatic rings. The molecule has 0 saturated heterocycles. The Morgan fingerprint density at radius 1 is 1.13 bits per heavy atom. The van der Waals surface area contributed by atoms with E-state index in [2.05, 4.69) is 20.8 Å². The first-order chi connectivity index (χ1) is 14.5.